The van der Waals surface area contributed by atoms with E-state index in [2.05, 4.69) is 5.32 Å². The molecule has 2 aromatic rings. The molecule has 3 rings (SSSR count). The van der Waals surface area contributed by atoms with Crippen LogP contribution >= 0.6 is 11.6 Å². The second-order valence-electron chi connectivity index (χ2n) is 6.68. The molecule has 0 bridgehead atoms. The summed E-state index contributed by atoms with van der Waals surface area (Å²) in [4.78, 5) is 26.9. The van der Waals surface area contributed by atoms with Crippen molar-refractivity contribution < 1.29 is 14.5 Å². The lowest BCUT2D eigenvalue weighted by molar-refractivity contribution is -0.885. The van der Waals surface area contributed by atoms with Gasteiger partial charge in [0.05, 0.1) is 7.05 Å². The highest BCUT2D eigenvalue weighted by Crippen LogP contribution is 2.22. The van der Waals surface area contributed by atoms with Crippen molar-refractivity contribution in [3.05, 3.63) is 59.1 Å². The maximum atomic E-state index is 12.2. The third-order valence-corrected chi connectivity index (χ3v) is 4.67. The van der Waals surface area contributed by atoms with Gasteiger partial charge in [-0.1, -0.05) is 23.7 Å². The summed E-state index contributed by atoms with van der Waals surface area (Å²) in [6, 6.07) is 15.1. The minimum atomic E-state index is -0.0403. The smallest absolute Gasteiger partial charge is 0.279 e. The van der Waals surface area contributed by atoms with E-state index in [1.54, 1.807) is 4.90 Å². The number of hydrogen-bond acceptors (Lipinski definition) is 2. The fourth-order valence-electron chi connectivity index (χ4n) is 3.14. The quantitative estimate of drug-likeness (QED) is 0.816. The minimum absolute atomic E-state index is 0.0403. The van der Waals surface area contributed by atoms with Crippen LogP contribution in [0.5, 0.6) is 0 Å². The van der Waals surface area contributed by atoms with Gasteiger partial charge in [-0.05, 0) is 42.8 Å². The van der Waals surface area contributed by atoms with Crippen molar-refractivity contribution in [1.82, 2.24) is 0 Å². The topological polar surface area (TPSA) is 53.9 Å². The van der Waals surface area contributed by atoms with E-state index in [0.29, 0.717) is 18.0 Å². The number of hydrogen-bond donors (Lipinski definition) is 2. The number of carbonyl (C=O) groups is 2. The number of anilines is 2. The average Bonchev–Trinajstić information content (AvgIpc) is 3.03. The molecular weight excluding hydrogens is 350 g/mol. The Bertz CT molecular complexity index is 775. The van der Waals surface area contributed by atoms with Crippen LogP contribution in [-0.4, -0.2) is 32.0 Å². The van der Waals surface area contributed by atoms with Crippen LogP contribution in [0.4, 0.5) is 11.4 Å². The molecule has 2 N–H and O–H groups in total. The second kappa shape index (κ2) is 8.34. The van der Waals surface area contributed by atoms with Crippen LogP contribution in [0, 0.1) is 0 Å². The fourth-order valence-corrected chi connectivity index (χ4v) is 3.26. The molecule has 1 atom stereocenters. The monoisotopic (exact) mass is 372 g/mol. The maximum Gasteiger partial charge on any atom is 0.279 e. The normalized spacial score (nSPS) is 15.2. The number of rotatable bonds is 6. The lowest BCUT2D eigenvalue weighted by Crippen LogP contribution is -3.08. The van der Waals surface area contributed by atoms with Gasteiger partial charge in [-0.25, -0.2) is 0 Å². The van der Waals surface area contributed by atoms with Gasteiger partial charge < -0.3 is 15.1 Å². The van der Waals surface area contributed by atoms with Gasteiger partial charge in [0.25, 0.3) is 5.91 Å². The van der Waals surface area contributed by atoms with E-state index in [1.807, 2.05) is 55.6 Å². The number of carbonyl (C=O) groups excluding carboxylic acids is 2. The number of nitrogens with zero attached hydrogens (tertiary/aromatic N) is 1. The zero-order valence-electron chi connectivity index (χ0n) is 14.8. The lowest BCUT2D eigenvalue weighted by atomic mass is 10.2. The first-order chi connectivity index (χ1) is 12.5. The summed E-state index contributed by atoms with van der Waals surface area (Å²) in [5.41, 5.74) is 2.76. The van der Waals surface area contributed by atoms with Crippen LogP contribution in [0.3, 0.4) is 0 Å². The van der Waals surface area contributed by atoms with Crippen LogP contribution < -0.4 is 15.1 Å². The molecule has 2 aromatic carbocycles. The summed E-state index contributed by atoms with van der Waals surface area (Å²) in [6.45, 7) is 1.89. The van der Waals surface area contributed by atoms with Crippen molar-refractivity contribution in [2.75, 3.05) is 30.4 Å². The zero-order valence-corrected chi connectivity index (χ0v) is 15.6. The molecule has 2 amide bonds. The minimum Gasteiger partial charge on any atom is -0.326 e. The van der Waals surface area contributed by atoms with Gasteiger partial charge in [0, 0.05) is 34.9 Å². The summed E-state index contributed by atoms with van der Waals surface area (Å²) in [5, 5.41) is 3.62. The Hall–Kier alpha value is -2.37. The van der Waals surface area contributed by atoms with E-state index in [4.69, 9.17) is 11.6 Å². The first kappa shape index (κ1) is 18.4. The van der Waals surface area contributed by atoms with Crippen LogP contribution in [0.1, 0.15) is 18.4 Å². The maximum absolute atomic E-state index is 12.2. The van der Waals surface area contributed by atoms with E-state index in [0.717, 1.165) is 41.3 Å². The molecule has 0 spiro atoms. The Labute approximate surface area is 158 Å². The van der Waals surface area contributed by atoms with Gasteiger partial charge in [0.15, 0.2) is 6.54 Å². The van der Waals surface area contributed by atoms with Crippen molar-refractivity contribution in [3.8, 4) is 0 Å². The van der Waals surface area contributed by atoms with E-state index in [-0.39, 0.29) is 11.8 Å². The van der Waals surface area contributed by atoms with Crippen LogP contribution in [0.15, 0.2) is 48.5 Å². The largest absolute Gasteiger partial charge is 0.326 e. The summed E-state index contributed by atoms with van der Waals surface area (Å²) >= 11 is 5.89. The average molecular weight is 373 g/mol. The van der Waals surface area contributed by atoms with Crippen LogP contribution in [-0.2, 0) is 16.1 Å². The van der Waals surface area contributed by atoms with Gasteiger partial charge in [0.2, 0.25) is 5.91 Å². The first-order valence-electron chi connectivity index (χ1n) is 8.77. The Morgan fingerprint density at radius 2 is 1.85 bits per heavy atom. The molecule has 6 heteroatoms. The molecule has 1 heterocycles. The molecule has 0 aliphatic carbocycles. The van der Waals surface area contributed by atoms with Gasteiger partial charge in [-0.15, -0.1) is 0 Å². The highest BCUT2D eigenvalue weighted by Gasteiger charge is 2.21. The third-order valence-electron chi connectivity index (χ3n) is 4.42. The third kappa shape index (κ3) is 4.84. The highest BCUT2D eigenvalue weighted by molar-refractivity contribution is 6.30. The summed E-state index contributed by atoms with van der Waals surface area (Å²) in [6.07, 6.45) is 1.52. The molecule has 1 aliphatic rings. The molecule has 136 valence electrons. The highest BCUT2D eigenvalue weighted by atomic mass is 35.5. The first-order valence-corrected chi connectivity index (χ1v) is 9.15. The number of nitrogens with one attached hydrogen (secondary N) is 2. The number of quaternary nitrogens is 1. The molecule has 0 radical (unpaired) electrons. The molecule has 1 unspecified atom stereocenters. The summed E-state index contributed by atoms with van der Waals surface area (Å²) in [7, 11) is 1.98. The van der Waals surface area contributed by atoms with Gasteiger partial charge in [-0.2, -0.15) is 0 Å². The number of benzene rings is 2. The molecule has 0 saturated carbocycles. The Morgan fingerprint density at radius 3 is 2.46 bits per heavy atom. The molecule has 1 aliphatic heterocycles. The van der Waals surface area contributed by atoms with Crippen LogP contribution in [0.2, 0.25) is 5.02 Å². The number of likely N-dealkylation sites (N-methyl/N-ethyl adjacent to an activating group) is 1. The number of amides is 2. The lowest BCUT2D eigenvalue weighted by Gasteiger charge is -2.17. The second-order valence-corrected chi connectivity index (χ2v) is 7.12. The van der Waals surface area contributed by atoms with Gasteiger partial charge in [0.1, 0.15) is 6.54 Å². The van der Waals surface area contributed by atoms with E-state index in [1.165, 1.54) is 0 Å². The molecule has 5 nitrogen and oxygen atoms in total. The Kier molecular flexibility index (Phi) is 5.91. The molecule has 1 saturated heterocycles. The van der Waals surface area contributed by atoms with Crippen molar-refractivity contribution in [2.24, 2.45) is 0 Å². The van der Waals surface area contributed by atoms with Crippen LogP contribution in [0.25, 0.3) is 0 Å². The summed E-state index contributed by atoms with van der Waals surface area (Å²) in [5.74, 6) is 0.121. The predicted molar refractivity (Wildman–Crippen MR) is 104 cm³/mol. The molecule has 26 heavy (non-hydrogen) atoms. The van der Waals surface area contributed by atoms with Crippen molar-refractivity contribution in [3.63, 3.8) is 0 Å². The zero-order chi connectivity index (χ0) is 18.5. The predicted octanol–water partition coefficient (Wildman–Crippen LogP) is 2.12. The fraction of sp³-hybridized carbons (Fsp3) is 0.300. The standard InChI is InChI=1S/C20H22ClN3O2/c1-23(13-15-4-6-16(21)7-5-15)14-19(25)22-17-8-10-18(11-9-17)24-12-2-3-20(24)26/h4-11H,2-3,12-14H2,1H3,(H,22,25)/p+1. The Morgan fingerprint density at radius 1 is 1.15 bits per heavy atom. The van der Waals surface area contributed by atoms with E-state index < -0.39 is 0 Å². The van der Waals surface area contributed by atoms with E-state index in [9.17, 15) is 9.59 Å². The van der Waals surface area contributed by atoms with Crippen molar-refractivity contribution in [1.29, 1.82) is 0 Å². The Balaban J connectivity index is 1.51. The molecule has 1 fully saturated rings. The number of halogens is 1. The molecule has 0 aromatic heterocycles. The van der Waals surface area contributed by atoms with Gasteiger partial charge >= 0.3 is 0 Å². The van der Waals surface area contributed by atoms with Gasteiger partial charge in [-0.3, -0.25) is 9.59 Å². The van der Waals surface area contributed by atoms with Crippen molar-refractivity contribution >= 4 is 34.8 Å². The summed E-state index contributed by atoms with van der Waals surface area (Å²) < 4.78 is 0. The van der Waals surface area contributed by atoms with E-state index >= 15 is 0 Å². The SMILES string of the molecule is C[NH+](CC(=O)Nc1ccc(N2CCCC2=O)cc1)Cc1ccc(Cl)cc1. The van der Waals surface area contributed by atoms with Crippen molar-refractivity contribution in [2.45, 2.75) is 19.4 Å². The molecular formula is C20H23ClN3O2+.